The maximum atomic E-state index is 8.94. The zero-order valence-electron chi connectivity index (χ0n) is 6.16. The summed E-state index contributed by atoms with van der Waals surface area (Å²) in [5, 5.41) is 8.94. The van der Waals surface area contributed by atoms with Gasteiger partial charge in [-0.1, -0.05) is 0 Å². The summed E-state index contributed by atoms with van der Waals surface area (Å²) in [5.74, 6) is 0.342. The molecule has 1 aromatic rings. The first-order chi connectivity index (χ1) is 4.70. The van der Waals surface area contributed by atoms with E-state index in [4.69, 9.17) is 5.11 Å². The maximum absolute atomic E-state index is 8.94. The summed E-state index contributed by atoms with van der Waals surface area (Å²) in [6.07, 6.45) is 4.32. The van der Waals surface area contributed by atoms with E-state index in [-0.39, 0.29) is 0 Å². The van der Waals surface area contributed by atoms with Crippen molar-refractivity contribution in [2.45, 2.75) is 4.90 Å². The second kappa shape index (κ2) is 2.97. The van der Waals surface area contributed by atoms with Gasteiger partial charge in [0.15, 0.2) is 4.90 Å². The lowest BCUT2D eigenvalue weighted by Gasteiger charge is -1.94. The SMILES string of the molecule is C[S+](C)c1ccc(O)cc1. The van der Waals surface area contributed by atoms with Crippen LogP contribution in [0.25, 0.3) is 0 Å². The van der Waals surface area contributed by atoms with Gasteiger partial charge >= 0.3 is 0 Å². The fourth-order valence-corrected chi connectivity index (χ4v) is 1.40. The zero-order chi connectivity index (χ0) is 7.56. The standard InChI is InChI=1S/C8H10OS/c1-10(2)8-5-3-7(9)4-6-8/h3-6H,1-2H3/p+1. The molecule has 0 radical (unpaired) electrons. The molecule has 1 nitrogen and oxygen atoms in total. The summed E-state index contributed by atoms with van der Waals surface area (Å²) in [5.41, 5.74) is 0. The average Bonchev–Trinajstić information content (AvgIpc) is 1.88. The van der Waals surface area contributed by atoms with Gasteiger partial charge in [0.2, 0.25) is 0 Å². The molecule has 1 rings (SSSR count). The van der Waals surface area contributed by atoms with Crippen molar-refractivity contribution in [3.63, 3.8) is 0 Å². The van der Waals surface area contributed by atoms with Crippen LogP contribution in [-0.4, -0.2) is 17.6 Å². The van der Waals surface area contributed by atoms with Crippen molar-refractivity contribution >= 4 is 10.9 Å². The molecule has 1 aromatic carbocycles. The second-order valence-corrected chi connectivity index (χ2v) is 4.41. The predicted molar refractivity (Wildman–Crippen MR) is 45.6 cm³/mol. The third-order valence-corrected chi connectivity index (χ3v) is 2.52. The van der Waals surface area contributed by atoms with Crippen molar-refractivity contribution in [1.82, 2.24) is 0 Å². The van der Waals surface area contributed by atoms with Crippen LogP contribution in [0.4, 0.5) is 0 Å². The minimum atomic E-state index is 0.302. The molecule has 0 atom stereocenters. The van der Waals surface area contributed by atoms with Crippen LogP contribution >= 0.6 is 0 Å². The zero-order valence-corrected chi connectivity index (χ0v) is 6.98. The van der Waals surface area contributed by atoms with Gasteiger partial charge in [-0.2, -0.15) is 0 Å². The highest BCUT2D eigenvalue weighted by Crippen LogP contribution is 2.13. The Morgan fingerprint density at radius 3 is 2.00 bits per heavy atom. The molecule has 0 aliphatic heterocycles. The number of hydrogen-bond acceptors (Lipinski definition) is 1. The summed E-state index contributed by atoms with van der Waals surface area (Å²) >= 11 is 0. The van der Waals surface area contributed by atoms with Crippen LogP contribution in [0.15, 0.2) is 29.2 Å². The van der Waals surface area contributed by atoms with Crippen LogP contribution in [0.2, 0.25) is 0 Å². The highest BCUT2D eigenvalue weighted by atomic mass is 32.2. The molecule has 10 heavy (non-hydrogen) atoms. The number of benzene rings is 1. The summed E-state index contributed by atoms with van der Waals surface area (Å²) in [4.78, 5) is 1.29. The molecule has 0 bridgehead atoms. The molecule has 0 amide bonds. The Labute approximate surface area is 64.0 Å². The molecule has 1 N–H and O–H groups in total. The molecule has 0 spiro atoms. The highest BCUT2D eigenvalue weighted by molar-refractivity contribution is 7.95. The summed E-state index contributed by atoms with van der Waals surface area (Å²) in [6.45, 7) is 0. The number of phenolic OH excluding ortho intramolecular Hbond substituents is 1. The molecule has 0 saturated carbocycles. The highest BCUT2D eigenvalue weighted by Gasteiger charge is 2.05. The van der Waals surface area contributed by atoms with Gasteiger partial charge in [0.25, 0.3) is 0 Å². The van der Waals surface area contributed by atoms with E-state index in [2.05, 4.69) is 12.5 Å². The Balaban J connectivity index is 2.89. The van der Waals surface area contributed by atoms with E-state index in [0.717, 1.165) is 0 Å². The lowest BCUT2D eigenvalue weighted by Crippen LogP contribution is -1.93. The summed E-state index contributed by atoms with van der Waals surface area (Å²) in [7, 11) is 0.302. The van der Waals surface area contributed by atoms with Crippen LogP contribution in [0.3, 0.4) is 0 Å². The van der Waals surface area contributed by atoms with Crippen LogP contribution < -0.4 is 0 Å². The third kappa shape index (κ3) is 1.67. The minimum Gasteiger partial charge on any atom is -0.508 e. The summed E-state index contributed by atoms with van der Waals surface area (Å²) in [6, 6.07) is 7.36. The van der Waals surface area contributed by atoms with Crippen LogP contribution in [0.1, 0.15) is 0 Å². The minimum absolute atomic E-state index is 0.302. The Hall–Kier alpha value is -0.630. The van der Waals surface area contributed by atoms with Crippen LogP contribution in [0.5, 0.6) is 5.75 Å². The first kappa shape index (κ1) is 7.48. The van der Waals surface area contributed by atoms with Crippen LogP contribution in [-0.2, 0) is 10.9 Å². The normalized spacial score (nSPS) is 10.3. The maximum Gasteiger partial charge on any atom is 0.154 e. The lowest BCUT2D eigenvalue weighted by atomic mass is 10.3. The molecular weight excluding hydrogens is 144 g/mol. The van der Waals surface area contributed by atoms with Gasteiger partial charge in [0.1, 0.15) is 18.3 Å². The molecule has 0 aliphatic carbocycles. The van der Waals surface area contributed by atoms with E-state index in [9.17, 15) is 0 Å². The third-order valence-electron chi connectivity index (χ3n) is 1.31. The Kier molecular flexibility index (Phi) is 2.22. The van der Waals surface area contributed by atoms with Crippen LogP contribution in [0, 0.1) is 0 Å². The molecule has 0 saturated heterocycles. The average molecular weight is 155 g/mol. The Morgan fingerprint density at radius 2 is 1.60 bits per heavy atom. The smallest absolute Gasteiger partial charge is 0.154 e. The molecule has 0 aromatic heterocycles. The Morgan fingerprint density at radius 1 is 1.10 bits per heavy atom. The Bertz CT molecular complexity index is 203. The fraction of sp³-hybridized carbons (Fsp3) is 0.250. The van der Waals surface area contributed by atoms with Crippen molar-refractivity contribution < 1.29 is 5.11 Å². The van der Waals surface area contributed by atoms with E-state index in [1.54, 1.807) is 12.1 Å². The van der Waals surface area contributed by atoms with E-state index in [0.29, 0.717) is 16.6 Å². The summed E-state index contributed by atoms with van der Waals surface area (Å²) < 4.78 is 0. The van der Waals surface area contributed by atoms with Gasteiger partial charge in [-0.3, -0.25) is 0 Å². The molecule has 0 heterocycles. The van der Waals surface area contributed by atoms with E-state index in [1.807, 2.05) is 12.1 Å². The lowest BCUT2D eigenvalue weighted by molar-refractivity contribution is 0.475. The van der Waals surface area contributed by atoms with Gasteiger partial charge in [0, 0.05) is 10.9 Å². The van der Waals surface area contributed by atoms with E-state index >= 15 is 0 Å². The molecule has 0 fully saturated rings. The first-order valence-electron chi connectivity index (χ1n) is 3.07. The molecule has 2 heteroatoms. The number of aromatic hydroxyl groups is 1. The van der Waals surface area contributed by atoms with Crippen molar-refractivity contribution in [3.8, 4) is 5.75 Å². The van der Waals surface area contributed by atoms with Crippen molar-refractivity contribution in [3.05, 3.63) is 24.3 Å². The quantitative estimate of drug-likeness (QED) is 0.611. The monoisotopic (exact) mass is 155 g/mol. The van der Waals surface area contributed by atoms with Crippen molar-refractivity contribution in [2.75, 3.05) is 12.5 Å². The predicted octanol–water partition coefficient (Wildman–Crippen LogP) is 1.63. The number of phenols is 1. The number of hydrogen-bond donors (Lipinski definition) is 1. The molecular formula is C8H11OS+. The van der Waals surface area contributed by atoms with E-state index < -0.39 is 0 Å². The van der Waals surface area contributed by atoms with Gasteiger partial charge in [0.05, 0.1) is 0 Å². The molecule has 0 aliphatic rings. The van der Waals surface area contributed by atoms with Gasteiger partial charge in [-0.15, -0.1) is 0 Å². The van der Waals surface area contributed by atoms with Crippen molar-refractivity contribution in [2.24, 2.45) is 0 Å². The second-order valence-electron chi connectivity index (χ2n) is 2.31. The number of rotatable bonds is 1. The largest absolute Gasteiger partial charge is 0.508 e. The van der Waals surface area contributed by atoms with Crippen molar-refractivity contribution in [1.29, 1.82) is 0 Å². The van der Waals surface area contributed by atoms with Gasteiger partial charge in [-0.25, -0.2) is 0 Å². The topological polar surface area (TPSA) is 20.2 Å². The first-order valence-corrected chi connectivity index (χ1v) is 5.11. The fourth-order valence-electron chi connectivity index (χ4n) is 0.718. The van der Waals surface area contributed by atoms with Gasteiger partial charge < -0.3 is 5.11 Å². The van der Waals surface area contributed by atoms with Gasteiger partial charge in [-0.05, 0) is 24.3 Å². The molecule has 0 unspecified atom stereocenters. The molecule has 54 valence electrons. The van der Waals surface area contributed by atoms with E-state index in [1.165, 1.54) is 4.90 Å².